The summed E-state index contributed by atoms with van der Waals surface area (Å²) >= 11 is 0. The van der Waals surface area contributed by atoms with Gasteiger partial charge >= 0.3 is 0 Å². The molecule has 0 aliphatic carbocycles. The van der Waals surface area contributed by atoms with E-state index in [2.05, 4.69) is 5.32 Å². The maximum absolute atomic E-state index is 12.8. The lowest BCUT2D eigenvalue weighted by Gasteiger charge is -1.98. The van der Waals surface area contributed by atoms with Crippen LogP contribution in [0.25, 0.3) is 5.57 Å². The molecule has 2 aromatic rings. The number of halogens is 1. The predicted octanol–water partition coefficient (Wildman–Crippen LogP) is 3.04. The van der Waals surface area contributed by atoms with Crippen molar-refractivity contribution >= 4 is 23.0 Å². The molecule has 3 rings (SSSR count). The lowest BCUT2D eigenvalue weighted by atomic mass is 10.0. The number of carbonyl (C=O) groups is 2. The summed E-state index contributed by atoms with van der Waals surface area (Å²) in [5, 5.41) is 2.69. The van der Waals surface area contributed by atoms with Crippen molar-refractivity contribution in [3.63, 3.8) is 0 Å². The quantitative estimate of drug-likeness (QED) is 0.671. The number of para-hydroxylation sites is 1. The summed E-state index contributed by atoms with van der Waals surface area (Å²) in [6.45, 7) is 0. The van der Waals surface area contributed by atoms with Gasteiger partial charge < -0.3 is 5.32 Å². The Hall–Kier alpha value is -2.75. The SMILES string of the molecule is O=C1Nc2ccccc2/C1=C/C(=O)c1ccc(F)cc1. The minimum Gasteiger partial charge on any atom is -0.321 e. The van der Waals surface area contributed by atoms with E-state index in [1.807, 2.05) is 6.07 Å². The topological polar surface area (TPSA) is 46.2 Å². The third kappa shape index (κ3) is 2.12. The second-order valence-electron chi connectivity index (χ2n) is 4.43. The molecule has 0 saturated carbocycles. The molecule has 0 fully saturated rings. The van der Waals surface area contributed by atoms with Crippen molar-refractivity contribution in [2.75, 3.05) is 5.32 Å². The highest BCUT2D eigenvalue weighted by atomic mass is 19.1. The predicted molar refractivity (Wildman–Crippen MR) is 73.8 cm³/mol. The molecule has 0 aromatic heterocycles. The molecule has 0 saturated heterocycles. The first-order chi connectivity index (χ1) is 9.65. The van der Waals surface area contributed by atoms with Gasteiger partial charge in [-0.1, -0.05) is 18.2 Å². The zero-order valence-electron chi connectivity index (χ0n) is 10.4. The minimum absolute atomic E-state index is 0.304. The van der Waals surface area contributed by atoms with Crippen LogP contribution in [-0.4, -0.2) is 11.7 Å². The van der Waals surface area contributed by atoms with Gasteiger partial charge in [0.2, 0.25) is 0 Å². The Balaban J connectivity index is 1.98. The van der Waals surface area contributed by atoms with Crippen molar-refractivity contribution in [3.05, 3.63) is 71.6 Å². The van der Waals surface area contributed by atoms with Crippen LogP contribution in [0.3, 0.4) is 0 Å². The van der Waals surface area contributed by atoms with Gasteiger partial charge in [-0.05, 0) is 36.4 Å². The first-order valence-electron chi connectivity index (χ1n) is 6.07. The van der Waals surface area contributed by atoms with Gasteiger partial charge in [0.05, 0.1) is 5.57 Å². The number of rotatable bonds is 2. The molecule has 1 N–H and O–H groups in total. The molecule has 4 heteroatoms. The summed E-state index contributed by atoms with van der Waals surface area (Å²) in [5.74, 6) is -1.04. The summed E-state index contributed by atoms with van der Waals surface area (Å²) in [6.07, 6.45) is 1.29. The summed E-state index contributed by atoms with van der Waals surface area (Å²) in [5.41, 5.74) is 2.06. The van der Waals surface area contributed by atoms with Crippen LogP contribution in [-0.2, 0) is 4.79 Å². The molecule has 2 aromatic carbocycles. The maximum atomic E-state index is 12.8. The zero-order chi connectivity index (χ0) is 14.1. The number of amides is 1. The first kappa shape index (κ1) is 12.3. The monoisotopic (exact) mass is 267 g/mol. The van der Waals surface area contributed by atoms with E-state index in [0.717, 1.165) is 0 Å². The number of carbonyl (C=O) groups excluding carboxylic acids is 2. The fourth-order valence-corrected chi connectivity index (χ4v) is 2.11. The van der Waals surface area contributed by atoms with Crippen molar-refractivity contribution in [1.82, 2.24) is 0 Å². The fraction of sp³-hybridized carbons (Fsp3) is 0. The number of allylic oxidation sites excluding steroid dienone is 1. The summed E-state index contributed by atoms with van der Waals surface area (Å²) in [6, 6.07) is 12.4. The van der Waals surface area contributed by atoms with E-state index in [4.69, 9.17) is 0 Å². The largest absolute Gasteiger partial charge is 0.321 e. The van der Waals surface area contributed by atoms with E-state index >= 15 is 0 Å². The molecule has 1 aliphatic rings. The van der Waals surface area contributed by atoms with E-state index in [1.165, 1.54) is 30.3 Å². The Morgan fingerprint density at radius 2 is 1.75 bits per heavy atom. The van der Waals surface area contributed by atoms with E-state index < -0.39 is 5.82 Å². The second-order valence-corrected chi connectivity index (χ2v) is 4.43. The highest BCUT2D eigenvalue weighted by Crippen LogP contribution is 2.31. The molecule has 1 aliphatic heterocycles. The average Bonchev–Trinajstić information content (AvgIpc) is 2.76. The van der Waals surface area contributed by atoms with Crippen LogP contribution < -0.4 is 5.32 Å². The number of anilines is 1. The van der Waals surface area contributed by atoms with Gasteiger partial charge in [0.1, 0.15) is 5.82 Å². The minimum atomic E-state index is -0.404. The van der Waals surface area contributed by atoms with Gasteiger partial charge in [-0.25, -0.2) is 4.39 Å². The van der Waals surface area contributed by atoms with E-state index in [9.17, 15) is 14.0 Å². The lowest BCUT2D eigenvalue weighted by molar-refractivity contribution is -0.110. The summed E-state index contributed by atoms with van der Waals surface area (Å²) in [4.78, 5) is 23.9. The molecule has 0 radical (unpaired) electrons. The lowest BCUT2D eigenvalue weighted by Crippen LogP contribution is -2.06. The van der Waals surface area contributed by atoms with Crippen molar-refractivity contribution < 1.29 is 14.0 Å². The number of benzene rings is 2. The molecule has 1 heterocycles. The Labute approximate surface area is 114 Å². The molecule has 0 atom stereocenters. The van der Waals surface area contributed by atoms with Gasteiger partial charge in [0, 0.05) is 16.8 Å². The third-order valence-electron chi connectivity index (χ3n) is 3.11. The van der Waals surface area contributed by atoms with E-state index in [0.29, 0.717) is 22.4 Å². The van der Waals surface area contributed by atoms with Crippen LogP contribution in [0, 0.1) is 5.82 Å². The highest BCUT2D eigenvalue weighted by molar-refractivity contribution is 6.35. The molecular weight excluding hydrogens is 257 g/mol. The Bertz CT molecular complexity index is 732. The van der Waals surface area contributed by atoms with Crippen LogP contribution in [0.5, 0.6) is 0 Å². The molecule has 3 nitrogen and oxygen atoms in total. The van der Waals surface area contributed by atoms with Gasteiger partial charge in [-0.15, -0.1) is 0 Å². The number of fused-ring (bicyclic) bond motifs is 1. The third-order valence-corrected chi connectivity index (χ3v) is 3.11. The number of hydrogen-bond acceptors (Lipinski definition) is 2. The van der Waals surface area contributed by atoms with Gasteiger partial charge in [-0.3, -0.25) is 9.59 Å². The van der Waals surface area contributed by atoms with Gasteiger partial charge in [0.15, 0.2) is 5.78 Å². The first-order valence-corrected chi connectivity index (χ1v) is 6.07. The standard InChI is InChI=1S/C16H10FNO2/c17-11-7-5-10(6-8-11)15(19)9-13-12-3-1-2-4-14(12)18-16(13)20/h1-9H,(H,18,20)/b13-9-. The van der Waals surface area contributed by atoms with Crippen molar-refractivity contribution in [2.45, 2.75) is 0 Å². The van der Waals surface area contributed by atoms with Crippen LogP contribution in [0.1, 0.15) is 15.9 Å². The summed E-state index contributed by atoms with van der Waals surface area (Å²) in [7, 11) is 0. The molecule has 0 bridgehead atoms. The molecule has 20 heavy (non-hydrogen) atoms. The van der Waals surface area contributed by atoms with Gasteiger partial charge in [0.25, 0.3) is 5.91 Å². The van der Waals surface area contributed by atoms with Crippen LogP contribution >= 0.6 is 0 Å². The molecular formula is C16H10FNO2. The maximum Gasteiger partial charge on any atom is 0.256 e. The zero-order valence-corrected chi connectivity index (χ0v) is 10.4. The smallest absolute Gasteiger partial charge is 0.256 e. The van der Waals surface area contributed by atoms with Gasteiger partial charge in [-0.2, -0.15) is 0 Å². The van der Waals surface area contributed by atoms with Crippen molar-refractivity contribution in [3.8, 4) is 0 Å². The average molecular weight is 267 g/mol. The van der Waals surface area contributed by atoms with Crippen LogP contribution in [0.15, 0.2) is 54.6 Å². The molecule has 0 spiro atoms. The number of hydrogen-bond donors (Lipinski definition) is 1. The Morgan fingerprint density at radius 3 is 2.50 bits per heavy atom. The van der Waals surface area contributed by atoms with E-state index in [-0.39, 0.29) is 11.7 Å². The highest BCUT2D eigenvalue weighted by Gasteiger charge is 2.24. The molecule has 0 unspecified atom stereocenters. The normalized spacial score (nSPS) is 15.1. The van der Waals surface area contributed by atoms with Crippen LogP contribution in [0.4, 0.5) is 10.1 Å². The van der Waals surface area contributed by atoms with Crippen LogP contribution in [0.2, 0.25) is 0 Å². The molecule has 1 amide bonds. The van der Waals surface area contributed by atoms with E-state index in [1.54, 1.807) is 18.2 Å². The Morgan fingerprint density at radius 1 is 1.05 bits per heavy atom. The number of ketones is 1. The van der Waals surface area contributed by atoms with Crippen molar-refractivity contribution in [2.24, 2.45) is 0 Å². The summed E-state index contributed by atoms with van der Waals surface area (Å²) < 4.78 is 12.8. The number of nitrogens with one attached hydrogen (secondary N) is 1. The van der Waals surface area contributed by atoms with Crippen molar-refractivity contribution in [1.29, 1.82) is 0 Å². The molecule has 98 valence electrons. The Kier molecular flexibility index (Phi) is 2.91. The second kappa shape index (κ2) is 4.74. The fourth-order valence-electron chi connectivity index (χ4n) is 2.11.